The van der Waals surface area contributed by atoms with E-state index in [2.05, 4.69) is 0 Å². The minimum atomic E-state index is -0.357. The van der Waals surface area contributed by atoms with Crippen LogP contribution in [0, 0.1) is 0 Å². The summed E-state index contributed by atoms with van der Waals surface area (Å²) >= 11 is 0. The van der Waals surface area contributed by atoms with Crippen molar-refractivity contribution >= 4 is 17.8 Å². The van der Waals surface area contributed by atoms with Crippen LogP contribution in [-0.4, -0.2) is 35.8 Å². The Balaban J connectivity index is 2.27. The first-order valence-corrected chi connectivity index (χ1v) is 5.14. The SMILES string of the molecule is CCCOC(=O)CCN1C(=O)CCC1=O. The highest BCUT2D eigenvalue weighted by Gasteiger charge is 2.28. The summed E-state index contributed by atoms with van der Waals surface area (Å²) in [5.41, 5.74) is 0. The standard InChI is InChI=1S/C10H15NO4/c1-2-7-15-10(14)5-6-11-8(12)3-4-9(11)13/h2-7H2,1H3. The predicted molar refractivity (Wildman–Crippen MR) is 51.8 cm³/mol. The largest absolute Gasteiger partial charge is 0.466 e. The third-order valence-corrected chi connectivity index (χ3v) is 2.16. The summed E-state index contributed by atoms with van der Waals surface area (Å²) in [6.07, 6.45) is 1.40. The second kappa shape index (κ2) is 5.48. The van der Waals surface area contributed by atoms with E-state index >= 15 is 0 Å². The average molecular weight is 213 g/mol. The number of esters is 1. The molecule has 15 heavy (non-hydrogen) atoms. The summed E-state index contributed by atoms with van der Waals surface area (Å²) in [6.45, 7) is 2.45. The Kier molecular flexibility index (Phi) is 4.27. The topological polar surface area (TPSA) is 63.7 Å². The zero-order chi connectivity index (χ0) is 11.3. The van der Waals surface area contributed by atoms with Gasteiger partial charge in [0.25, 0.3) is 0 Å². The Morgan fingerprint density at radius 1 is 1.33 bits per heavy atom. The van der Waals surface area contributed by atoms with Gasteiger partial charge in [-0.3, -0.25) is 19.3 Å². The summed E-state index contributed by atoms with van der Waals surface area (Å²) in [6, 6.07) is 0. The molecule has 0 atom stereocenters. The number of likely N-dealkylation sites (tertiary alicyclic amines) is 1. The Labute approximate surface area is 88.4 Å². The first kappa shape index (κ1) is 11.7. The van der Waals surface area contributed by atoms with Crippen LogP contribution in [0.25, 0.3) is 0 Å². The normalized spacial score (nSPS) is 15.9. The molecule has 0 bridgehead atoms. The van der Waals surface area contributed by atoms with Crippen LogP contribution in [0.4, 0.5) is 0 Å². The number of amides is 2. The molecule has 1 rings (SSSR count). The van der Waals surface area contributed by atoms with Crippen LogP contribution in [-0.2, 0) is 19.1 Å². The fourth-order valence-electron chi connectivity index (χ4n) is 1.36. The lowest BCUT2D eigenvalue weighted by Gasteiger charge is -2.12. The van der Waals surface area contributed by atoms with Crippen LogP contribution in [0.15, 0.2) is 0 Å². The van der Waals surface area contributed by atoms with Crippen molar-refractivity contribution < 1.29 is 19.1 Å². The van der Waals surface area contributed by atoms with Crippen molar-refractivity contribution in [1.82, 2.24) is 4.90 Å². The van der Waals surface area contributed by atoms with E-state index in [1.54, 1.807) is 0 Å². The lowest BCUT2D eigenvalue weighted by atomic mass is 10.4. The van der Waals surface area contributed by atoms with Gasteiger partial charge in [0, 0.05) is 19.4 Å². The van der Waals surface area contributed by atoms with E-state index in [0.717, 1.165) is 11.3 Å². The average Bonchev–Trinajstić information content (AvgIpc) is 2.53. The van der Waals surface area contributed by atoms with E-state index in [1.807, 2.05) is 6.92 Å². The van der Waals surface area contributed by atoms with Crippen molar-refractivity contribution in [3.05, 3.63) is 0 Å². The fourth-order valence-corrected chi connectivity index (χ4v) is 1.36. The van der Waals surface area contributed by atoms with Crippen molar-refractivity contribution in [3.63, 3.8) is 0 Å². The van der Waals surface area contributed by atoms with Gasteiger partial charge in [-0.15, -0.1) is 0 Å². The van der Waals surface area contributed by atoms with Crippen LogP contribution >= 0.6 is 0 Å². The van der Waals surface area contributed by atoms with Gasteiger partial charge in [-0.25, -0.2) is 0 Å². The molecule has 1 aliphatic heterocycles. The predicted octanol–water partition coefficient (Wildman–Crippen LogP) is 0.479. The van der Waals surface area contributed by atoms with E-state index in [9.17, 15) is 14.4 Å². The first-order chi connectivity index (χ1) is 7.15. The molecule has 0 radical (unpaired) electrons. The third-order valence-electron chi connectivity index (χ3n) is 2.16. The maximum absolute atomic E-state index is 11.2. The minimum Gasteiger partial charge on any atom is -0.466 e. The van der Waals surface area contributed by atoms with Crippen LogP contribution in [0.3, 0.4) is 0 Å². The molecular formula is C10H15NO4. The molecule has 2 amide bonds. The van der Waals surface area contributed by atoms with Gasteiger partial charge in [0.05, 0.1) is 13.0 Å². The number of hydrogen-bond donors (Lipinski definition) is 0. The molecule has 0 aliphatic carbocycles. The van der Waals surface area contributed by atoms with Gasteiger partial charge in [-0.05, 0) is 6.42 Å². The molecule has 0 spiro atoms. The van der Waals surface area contributed by atoms with Crippen molar-refractivity contribution in [2.24, 2.45) is 0 Å². The zero-order valence-corrected chi connectivity index (χ0v) is 8.82. The number of rotatable bonds is 5. The number of nitrogens with zero attached hydrogens (tertiary/aromatic N) is 1. The van der Waals surface area contributed by atoms with Gasteiger partial charge in [-0.1, -0.05) is 6.92 Å². The maximum Gasteiger partial charge on any atom is 0.307 e. The van der Waals surface area contributed by atoms with Crippen molar-refractivity contribution in [2.75, 3.05) is 13.2 Å². The molecule has 1 fully saturated rings. The van der Waals surface area contributed by atoms with E-state index in [0.29, 0.717) is 6.61 Å². The van der Waals surface area contributed by atoms with E-state index in [1.165, 1.54) is 0 Å². The number of ether oxygens (including phenoxy) is 1. The quantitative estimate of drug-likeness (QED) is 0.492. The molecule has 1 aliphatic rings. The molecule has 0 aromatic rings. The second-order valence-corrected chi connectivity index (χ2v) is 3.41. The van der Waals surface area contributed by atoms with E-state index < -0.39 is 0 Å². The van der Waals surface area contributed by atoms with Gasteiger partial charge in [0.2, 0.25) is 11.8 Å². The van der Waals surface area contributed by atoms with Crippen LogP contribution in [0.2, 0.25) is 0 Å². The maximum atomic E-state index is 11.2. The van der Waals surface area contributed by atoms with E-state index in [4.69, 9.17) is 4.74 Å². The van der Waals surface area contributed by atoms with Gasteiger partial charge in [-0.2, -0.15) is 0 Å². The van der Waals surface area contributed by atoms with Crippen LogP contribution in [0.5, 0.6) is 0 Å². The highest BCUT2D eigenvalue weighted by Crippen LogP contribution is 2.11. The Bertz CT molecular complexity index is 259. The summed E-state index contributed by atoms with van der Waals surface area (Å²) in [5.74, 6) is -0.740. The minimum absolute atomic E-state index is 0.0947. The lowest BCUT2D eigenvalue weighted by molar-refractivity contribution is -0.145. The molecule has 1 saturated heterocycles. The van der Waals surface area contributed by atoms with Gasteiger partial charge < -0.3 is 4.74 Å². The van der Waals surface area contributed by atoms with Gasteiger partial charge in [0.1, 0.15) is 0 Å². The first-order valence-electron chi connectivity index (χ1n) is 5.14. The van der Waals surface area contributed by atoms with Gasteiger partial charge >= 0.3 is 5.97 Å². The van der Waals surface area contributed by atoms with Crippen molar-refractivity contribution in [2.45, 2.75) is 32.6 Å². The zero-order valence-electron chi connectivity index (χ0n) is 8.82. The Morgan fingerprint density at radius 3 is 2.47 bits per heavy atom. The molecule has 0 saturated carbocycles. The highest BCUT2D eigenvalue weighted by atomic mass is 16.5. The molecule has 5 heteroatoms. The smallest absolute Gasteiger partial charge is 0.307 e. The summed E-state index contributed by atoms with van der Waals surface area (Å²) in [4.78, 5) is 34.6. The summed E-state index contributed by atoms with van der Waals surface area (Å²) < 4.78 is 4.83. The third kappa shape index (κ3) is 3.34. The van der Waals surface area contributed by atoms with Crippen molar-refractivity contribution in [1.29, 1.82) is 0 Å². The summed E-state index contributed by atoms with van der Waals surface area (Å²) in [5, 5.41) is 0. The van der Waals surface area contributed by atoms with E-state index in [-0.39, 0.29) is 43.6 Å². The highest BCUT2D eigenvalue weighted by molar-refractivity contribution is 6.02. The fraction of sp³-hybridized carbons (Fsp3) is 0.700. The molecule has 1 heterocycles. The number of imide groups is 1. The monoisotopic (exact) mass is 213 g/mol. The van der Waals surface area contributed by atoms with Crippen LogP contribution in [0.1, 0.15) is 32.6 Å². The Hall–Kier alpha value is -1.39. The van der Waals surface area contributed by atoms with Crippen LogP contribution < -0.4 is 0 Å². The molecule has 0 aromatic heterocycles. The Morgan fingerprint density at radius 2 is 1.93 bits per heavy atom. The number of hydrogen-bond acceptors (Lipinski definition) is 4. The second-order valence-electron chi connectivity index (χ2n) is 3.41. The lowest BCUT2D eigenvalue weighted by Crippen LogP contribution is -2.31. The summed E-state index contributed by atoms with van der Waals surface area (Å²) in [7, 11) is 0. The number of carbonyl (C=O) groups excluding carboxylic acids is 3. The molecule has 0 N–H and O–H groups in total. The molecular weight excluding hydrogens is 198 g/mol. The molecule has 84 valence electrons. The molecule has 5 nitrogen and oxygen atoms in total. The number of carbonyl (C=O) groups is 3. The molecule has 0 unspecified atom stereocenters. The van der Waals surface area contributed by atoms with Crippen molar-refractivity contribution in [3.8, 4) is 0 Å². The van der Waals surface area contributed by atoms with Gasteiger partial charge in [0.15, 0.2) is 0 Å². The molecule has 0 aromatic carbocycles.